The molecule has 1 N–H and O–H groups in total. The molecule has 0 spiro atoms. The summed E-state index contributed by atoms with van der Waals surface area (Å²) in [5, 5.41) is 3.47. The van der Waals surface area contributed by atoms with Crippen molar-refractivity contribution in [3.63, 3.8) is 0 Å². The van der Waals surface area contributed by atoms with Crippen LogP contribution in [0.25, 0.3) is 0 Å². The van der Waals surface area contributed by atoms with Gasteiger partial charge in [-0.1, -0.05) is 22.0 Å². The third-order valence-electron chi connectivity index (χ3n) is 3.07. The van der Waals surface area contributed by atoms with E-state index in [2.05, 4.69) is 57.3 Å². The average Bonchev–Trinajstić information content (AvgIpc) is 2.87. The van der Waals surface area contributed by atoms with Crippen LogP contribution in [0.4, 0.5) is 5.69 Å². The van der Waals surface area contributed by atoms with E-state index < -0.39 is 0 Å². The lowest BCUT2D eigenvalue weighted by atomic mass is 10.2. The number of rotatable bonds is 6. The maximum absolute atomic E-state index is 5.25. The molecule has 0 fully saturated rings. The van der Waals surface area contributed by atoms with Crippen molar-refractivity contribution in [1.82, 2.24) is 4.57 Å². The number of benzene rings is 1. The van der Waals surface area contributed by atoms with Crippen molar-refractivity contribution in [2.24, 2.45) is 0 Å². The van der Waals surface area contributed by atoms with Crippen LogP contribution < -0.4 is 5.32 Å². The molecule has 2 rings (SSSR count). The Morgan fingerprint density at radius 2 is 2.16 bits per heavy atom. The smallest absolute Gasteiger partial charge is 0.0744 e. The zero-order valence-electron chi connectivity index (χ0n) is 11.3. The molecule has 0 atom stereocenters. The van der Waals surface area contributed by atoms with Crippen molar-refractivity contribution in [3.8, 4) is 0 Å². The molecule has 1 heterocycles. The van der Waals surface area contributed by atoms with Gasteiger partial charge in [0.05, 0.1) is 6.61 Å². The number of halogens is 1. The summed E-state index contributed by atoms with van der Waals surface area (Å²) in [4.78, 5) is 0. The van der Waals surface area contributed by atoms with Gasteiger partial charge in [0.15, 0.2) is 0 Å². The monoisotopic (exact) mass is 322 g/mol. The minimum atomic E-state index is 0.597. The molecule has 1 aromatic carbocycles. The molecular formula is C15H19BrN2O. The van der Waals surface area contributed by atoms with Crippen LogP contribution in [0.15, 0.2) is 41.1 Å². The van der Waals surface area contributed by atoms with Gasteiger partial charge >= 0.3 is 0 Å². The third kappa shape index (κ3) is 3.61. The van der Waals surface area contributed by atoms with Crippen LogP contribution in [0.2, 0.25) is 0 Å². The van der Waals surface area contributed by atoms with Crippen molar-refractivity contribution in [2.75, 3.05) is 12.4 Å². The predicted octanol–water partition coefficient (Wildman–Crippen LogP) is 4.03. The van der Waals surface area contributed by atoms with E-state index in [0.29, 0.717) is 6.61 Å². The van der Waals surface area contributed by atoms with Crippen molar-refractivity contribution in [3.05, 3.63) is 52.3 Å². The minimum absolute atomic E-state index is 0.597. The zero-order chi connectivity index (χ0) is 13.7. The standard InChI is InChI=1S/C15H19BrN2O/c1-3-18-8-7-12(10-18)9-17-15-6-4-5-14(16)13(15)11-19-2/h4-8,10,17H,3,9,11H2,1-2H3. The van der Waals surface area contributed by atoms with Crippen LogP contribution in [-0.4, -0.2) is 11.7 Å². The molecular weight excluding hydrogens is 304 g/mol. The third-order valence-corrected chi connectivity index (χ3v) is 3.81. The molecule has 1 aromatic heterocycles. The fraction of sp³-hybridized carbons (Fsp3) is 0.333. The van der Waals surface area contributed by atoms with Gasteiger partial charge in [-0.05, 0) is 30.7 Å². The number of methoxy groups -OCH3 is 1. The number of aryl methyl sites for hydroxylation is 1. The van der Waals surface area contributed by atoms with Crippen LogP contribution in [0.1, 0.15) is 18.1 Å². The Balaban J connectivity index is 2.08. The van der Waals surface area contributed by atoms with Crippen LogP contribution in [-0.2, 0) is 24.4 Å². The molecule has 0 amide bonds. The summed E-state index contributed by atoms with van der Waals surface area (Å²) in [6.45, 7) is 4.56. The van der Waals surface area contributed by atoms with E-state index in [4.69, 9.17) is 4.74 Å². The van der Waals surface area contributed by atoms with Gasteiger partial charge in [0.1, 0.15) is 0 Å². The largest absolute Gasteiger partial charge is 0.381 e. The van der Waals surface area contributed by atoms with E-state index in [9.17, 15) is 0 Å². The normalized spacial score (nSPS) is 10.7. The summed E-state index contributed by atoms with van der Waals surface area (Å²) >= 11 is 3.57. The fourth-order valence-electron chi connectivity index (χ4n) is 2.00. The van der Waals surface area contributed by atoms with Gasteiger partial charge in [-0.2, -0.15) is 0 Å². The Kier molecular flexibility index (Phi) is 5.05. The van der Waals surface area contributed by atoms with Gasteiger partial charge in [0.2, 0.25) is 0 Å². The first-order chi connectivity index (χ1) is 9.24. The van der Waals surface area contributed by atoms with E-state index in [1.165, 1.54) is 5.56 Å². The predicted molar refractivity (Wildman–Crippen MR) is 82.3 cm³/mol. The second kappa shape index (κ2) is 6.78. The van der Waals surface area contributed by atoms with Crippen molar-refractivity contribution in [1.29, 1.82) is 0 Å². The molecule has 0 radical (unpaired) electrons. The highest BCUT2D eigenvalue weighted by molar-refractivity contribution is 9.10. The first-order valence-electron chi connectivity index (χ1n) is 6.39. The van der Waals surface area contributed by atoms with Gasteiger partial charge in [-0.15, -0.1) is 0 Å². The molecule has 0 saturated carbocycles. The van der Waals surface area contributed by atoms with Crippen LogP contribution >= 0.6 is 15.9 Å². The minimum Gasteiger partial charge on any atom is -0.381 e. The quantitative estimate of drug-likeness (QED) is 0.869. The molecule has 19 heavy (non-hydrogen) atoms. The maximum atomic E-state index is 5.25. The van der Waals surface area contributed by atoms with Gasteiger partial charge < -0.3 is 14.6 Å². The molecule has 4 heteroatoms. The summed E-state index contributed by atoms with van der Waals surface area (Å²) in [7, 11) is 1.71. The highest BCUT2D eigenvalue weighted by Gasteiger charge is 2.06. The summed E-state index contributed by atoms with van der Waals surface area (Å²) in [5.74, 6) is 0. The van der Waals surface area contributed by atoms with Gasteiger partial charge in [0.25, 0.3) is 0 Å². The molecule has 102 valence electrons. The second-order valence-electron chi connectivity index (χ2n) is 4.40. The number of ether oxygens (including phenoxy) is 1. The second-order valence-corrected chi connectivity index (χ2v) is 5.26. The number of aromatic nitrogens is 1. The number of nitrogens with one attached hydrogen (secondary N) is 1. The molecule has 0 unspecified atom stereocenters. The lowest BCUT2D eigenvalue weighted by Crippen LogP contribution is -2.03. The number of hydrogen-bond donors (Lipinski definition) is 1. The fourth-order valence-corrected chi connectivity index (χ4v) is 2.49. The van der Waals surface area contributed by atoms with Gasteiger partial charge in [0, 0.05) is 48.3 Å². The molecule has 0 aliphatic rings. The Hall–Kier alpha value is -1.26. The summed E-state index contributed by atoms with van der Waals surface area (Å²) in [6, 6.07) is 8.29. The highest BCUT2D eigenvalue weighted by Crippen LogP contribution is 2.26. The SMILES string of the molecule is CCn1ccc(CNc2cccc(Br)c2COC)c1. The first kappa shape index (κ1) is 14.2. The molecule has 0 bridgehead atoms. The maximum Gasteiger partial charge on any atom is 0.0744 e. The molecule has 0 aliphatic heterocycles. The van der Waals surface area contributed by atoms with E-state index >= 15 is 0 Å². The van der Waals surface area contributed by atoms with Gasteiger partial charge in [-0.3, -0.25) is 0 Å². The molecule has 2 aromatic rings. The van der Waals surface area contributed by atoms with E-state index in [1.807, 2.05) is 12.1 Å². The Labute approximate surface area is 122 Å². The summed E-state index contributed by atoms with van der Waals surface area (Å²) in [6.07, 6.45) is 4.27. The van der Waals surface area contributed by atoms with E-state index in [-0.39, 0.29) is 0 Å². The Morgan fingerprint density at radius 3 is 2.84 bits per heavy atom. The Morgan fingerprint density at radius 1 is 1.32 bits per heavy atom. The van der Waals surface area contributed by atoms with Crippen molar-refractivity contribution < 1.29 is 4.74 Å². The van der Waals surface area contributed by atoms with Crippen LogP contribution in [0, 0.1) is 0 Å². The van der Waals surface area contributed by atoms with Gasteiger partial charge in [-0.25, -0.2) is 0 Å². The number of nitrogens with zero attached hydrogens (tertiary/aromatic N) is 1. The van der Waals surface area contributed by atoms with Crippen LogP contribution in [0.3, 0.4) is 0 Å². The van der Waals surface area contributed by atoms with Crippen molar-refractivity contribution in [2.45, 2.75) is 26.6 Å². The van der Waals surface area contributed by atoms with Crippen LogP contribution in [0.5, 0.6) is 0 Å². The molecule has 0 aliphatic carbocycles. The zero-order valence-corrected chi connectivity index (χ0v) is 12.9. The average molecular weight is 323 g/mol. The number of anilines is 1. The number of hydrogen-bond acceptors (Lipinski definition) is 2. The Bertz CT molecular complexity index is 537. The highest BCUT2D eigenvalue weighted by atomic mass is 79.9. The lowest BCUT2D eigenvalue weighted by molar-refractivity contribution is 0.185. The van der Waals surface area contributed by atoms with E-state index in [0.717, 1.165) is 28.8 Å². The van der Waals surface area contributed by atoms with Crippen molar-refractivity contribution >= 4 is 21.6 Å². The first-order valence-corrected chi connectivity index (χ1v) is 7.18. The summed E-state index contributed by atoms with van der Waals surface area (Å²) < 4.78 is 8.50. The summed E-state index contributed by atoms with van der Waals surface area (Å²) in [5.41, 5.74) is 3.55. The molecule has 3 nitrogen and oxygen atoms in total. The lowest BCUT2D eigenvalue weighted by Gasteiger charge is -2.12. The molecule has 0 saturated heterocycles. The van der Waals surface area contributed by atoms with E-state index in [1.54, 1.807) is 7.11 Å². The topological polar surface area (TPSA) is 26.2 Å².